The molecule has 10 heteroatoms. The summed E-state index contributed by atoms with van der Waals surface area (Å²) in [7, 11) is 0. The molecule has 0 spiro atoms. The highest BCUT2D eigenvalue weighted by atomic mass is 19.1. The average Bonchev–Trinajstić information content (AvgIpc) is 2.98. The third-order valence-corrected chi connectivity index (χ3v) is 3.88. The number of para-hydroxylation sites is 1. The zero-order valence-electron chi connectivity index (χ0n) is 14.9. The molecule has 0 fully saturated rings. The summed E-state index contributed by atoms with van der Waals surface area (Å²) in [6, 6.07) is 3.12. The number of hydrogen-bond donors (Lipinski definition) is 1. The van der Waals surface area contributed by atoms with E-state index in [4.69, 9.17) is 9.15 Å². The number of anilines is 1. The Morgan fingerprint density at radius 3 is 2.61 bits per heavy atom. The number of nitrogens with zero attached hydrogens (tertiary/aromatic N) is 2. The molecule has 3 aromatic rings. The molecule has 0 unspecified atom stereocenters. The molecule has 1 N–H and O–H groups in total. The normalized spacial score (nSPS) is 10.9. The van der Waals surface area contributed by atoms with Crippen LogP contribution in [0.15, 0.2) is 33.7 Å². The number of esters is 1. The monoisotopic (exact) mass is 391 g/mol. The molecule has 8 nitrogen and oxygen atoms in total. The smallest absolute Gasteiger partial charge is 0.342 e. The van der Waals surface area contributed by atoms with E-state index in [1.165, 1.54) is 6.92 Å². The van der Waals surface area contributed by atoms with E-state index >= 15 is 0 Å². The van der Waals surface area contributed by atoms with Gasteiger partial charge >= 0.3 is 5.97 Å². The van der Waals surface area contributed by atoms with Crippen molar-refractivity contribution in [2.45, 2.75) is 20.4 Å². The zero-order chi connectivity index (χ0) is 20.4. The molecule has 1 aromatic carbocycles. The first-order chi connectivity index (χ1) is 13.3. The lowest BCUT2D eigenvalue weighted by Crippen LogP contribution is -2.29. The number of ether oxygens (including phenoxy) is 1. The van der Waals surface area contributed by atoms with Gasteiger partial charge in [-0.1, -0.05) is 6.07 Å². The van der Waals surface area contributed by atoms with Crippen LogP contribution in [0, 0.1) is 18.6 Å². The molecule has 0 atom stereocenters. The fourth-order valence-electron chi connectivity index (χ4n) is 2.65. The standard InChI is InChI=1S/C18H15F2N3O5/c1-3-27-18(26)13-9(2)28-16-14(13)17(25)23(8-21-16)7-12(24)22-15-10(19)5-4-6-11(15)20/h4-6,8H,3,7H2,1-2H3,(H,22,24). The van der Waals surface area contributed by atoms with Gasteiger partial charge in [0, 0.05) is 0 Å². The van der Waals surface area contributed by atoms with Crippen LogP contribution in [0.4, 0.5) is 14.5 Å². The van der Waals surface area contributed by atoms with Gasteiger partial charge in [-0.15, -0.1) is 0 Å². The zero-order valence-corrected chi connectivity index (χ0v) is 14.9. The van der Waals surface area contributed by atoms with Gasteiger partial charge in [-0.2, -0.15) is 0 Å². The molecule has 0 bridgehead atoms. The third kappa shape index (κ3) is 3.48. The number of carbonyl (C=O) groups is 2. The molecular formula is C18H15F2N3O5. The lowest BCUT2D eigenvalue weighted by molar-refractivity contribution is -0.116. The summed E-state index contributed by atoms with van der Waals surface area (Å²) >= 11 is 0. The predicted molar refractivity (Wildman–Crippen MR) is 94.0 cm³/mol. The summed E-state index contributed by atoms with van der Waals surface area (Å²) in [5.41, 5.74) is -1.51. The molecule has 0 aliphatic rings. The minimum atomic E-state index is -0.954. The van der Waals surface area contributed by atoms with E-state index in [2.05, 4.69) is 10.3 Å². The van der Waals surface area contributed by atoms with Crippen LogP contribution in [-0.4, -0.2) is 28.0 Å². The summed E-state index contributed by atoms with van der Waals surface area (Å²) in [6.07, 6.45) is 1.04. The van der Waals surface area contributed by atoms with Crippen molar-refractivity contribution in [1.82, 2.24) is 9.55 Å². The molecule has 28 heavy (non-hydrogen) atoms. The van der Waals surface area contributed by atoms with Crippen molar-refractivity contribution in [3.8, 4) is 0 Å². The fraction of sp³-hybridized carbons (Fsp3) is 0.222. The molecule has 0 radical (unpaired) electrons. The quantitative estimate of drug-likeness (QED) is 0.670. The molecule has 2 heterocycles. The van der Waals surface area contributed by atoms with Crippen molar-refractivity contribution >= 4 is 28.7 Å². The Hall–Kier alpha value is -3.56. The van der Waals surface area contributed by atoms with Gasteiger partial charge in [0.05, 0.1) is 6.61 Å². The van der Waals surface area contributed by atoms with Gasteiger partial charge in [0.25, 0.3) is 5.56 Å². The van der Waals surface area contributed by atoms with Crippen LogP contribution in [0.3, 0.4) is 0 Å². The molecule has 3 rings (SSSR count). The van der Waals surface area contributed by atoms with E-state index in [1.54, 1.807) is 6.92 Å². The number of halogens is 2. The van der Waals surface area contributed by atoms with Crippen molar-refractivity contribution in [1.29, 1.82) is 0 Å². The number of hydrogen-bond acceptors (Lipinski definition) is 6. The van der Waals surface area contributed by atoms with E-state index in [0.717, 1.165) is 29.1 Å². The summed E-state index contributed by atoms with van der Waals surface area (Å²) in [5.74, 6) is -3.37. The van der Waals surface area contributed by atoms with Crippen LogP contribution in [-0.2, 0) is 16.1 Å². The minimum Gasteiger partial charge on any atom is -0.462 e. The van der Waals surface area contributed by atoms with Gasteiger partial charge < -0.3 is 14.5 Å². The van der Waals surface area contributed by atoms with Gasteiger partial charge in [0.2, 0.25) is 11.6 Å². The number of rotatable bonds is 5. The second kappa shape index (κ2) is 7.59. The van der Waals surface area contributed by atoms with Crippen molar-refractivity contribution in [3.63, 3.8) is 0 Å². The number of fused-ring (bicyclic) bond motifs is 1. The number of amides is 1. The molecule has 1 amide bonds. The number of carbonyl (C=O) groups excluding carboxylic acids is 2. The van der Waals surface area contributed by atoms with Gasteiger partial charge in [0.15, 0.2) is 0 Å². The molecule has 0 saturated carbocycles. The molecule has 2 aromatic heterocycles. The maximum absolute atomic E-state index is 13.7. The van der Waals surface area contributed by atoms with E-state index < -0.39 is 41.3 Å². The van der Waals surface area contributed by atoms with Gasteiger partial charge in [-0.05, 0) is 26.0 Å². The number of nitrogens with one attached hydrogen (secondary N) is 1. The summed E-state index contributed by atoms with van der Waals surface area (Å²) in [6.45, 7) is 2.60. The SMILES string of the molecule is CCOC(=O)c1c(C)oc2ncn(CC(=O)Nc3c(F)cccc3F)c(=O)c12. The Morgan fingerprint density at radius 1 is 1.29 bits per heavy atom. The third-order valence-electron chi connectivity index (χ3n) is 3.88. The van der Waals surface area contributed by atoms with Crippen molar-refractivity contribution in [3.05, 3.63) is 57.8 Å². The molecule has 146 valence electrons. The summed E-state index contributed by atoms with van der Waals surface area (Å²) in [5, 5.41) is 1.94. The van der Waals surface area contributed by atoms with Crippen LogP contribution in [0.25, 0.3) is 11.1 Å². The maximum Gasteiger partial charge on any atom is 0.342 e. The Balaban J connectivity index is 1.95. The van der Waals surface area contributed by atoms with E-state index in [-0.39, 0.29) is 29.0 Å². The first-order valence-corrected chi connectivity index (χ1v) is 8.23. The van der Waals surface area contributed by atoms with Crippen LogP contribution < -0.4 is 10.9 Å². The second-order valence-electron chi connectivity index (χ2n) is 5.76. The highest BCUT2D eigenvalue weighted by Crippen LogP contribution is 2.22. The number of furan rings is 1. The highest BCUT2D eigenvalue weighted by Gasteiger charge is 2.24. The Kier molecular flexibility index (Phi) is 5.21. The Labute approximate surface area is 156 Å². The second-order valence-corrected chi connectivity index (χ2v) is 5.76. The largest absolute Gasteiger partial charge is 0.462 e. The molecule has 0 saturated heterocycles. The molecule has 0 aliphatic heterocycles. The van der Waals surface area contributed by atoms with Gasteiger partial charge in [-0.3, -0.25) is 14.2 Å². The Morgan fingerprint density at radius 2 is 1.96 bits per heavy atom. The fourth-order valence-corrected chi connectivity index (χ4v) is 2.65. The van der Waals surface area contributed by atoms with Crippen LogP contribution in [0.5, 0.6) is 0 Å². The topological polar surface area (TPSA) is 103 Å². The van der Waals surface area contributed by atoms with E-state index in [0.29, 0.717) is 0 Å². The minimum absolute atomic E-state index is 0.0794. The number of benzene rings is 1. The first kappa shape index (κ1) is 19.2. The van der Waals surface area contributed by atoms with Crippen LogP contribution in [0.2, 0.25) is 0 Å². The lowest BCUT2D eigenvalue weighted by Gasteiger charge is -2.09. The number of aromatic nitrogens is 2. The highest BCUT2D eigenvalue weighted by molar-refractivity contribution is 6.03. The molecule has 0 aliphatic carbocycles. The molecular weight excluding hydrogens is 376 g/mol. The van der Waals surface area contributed by atoms with Crippen LogP contribution in [0.1, 0.15) is 23.0 Å². The van der Waals surface area contributed by atoms with Gasteiger partial charge in [0.1, 0.15) is 46.9 Å². The van der Waals surface area contributed by atoms with Gasteiger partial charge in [-0.25, -0.2) is 18.6 Å². The van der Waals surface area contributed by atoms with Crippen molar-refractivity contribution in [2.75, 3.05) is 11.9 Å². The average molecular weight is 391 g/mol. The van der Waals surface area contributed by atoms with Crippen LogP contribution >= 0.6 is 0 Å². The van der Waals surface area contributed by atoms with E-state index in [9.17, 15) is 23.2 Å². The van der Waals surface area contributed by atoms with Crippen molar-refractivity contribution < 1.29 is 27.5 Å². The number of aryl methyl sites for hydroxylation is 1. The lowest BCUT2D eigenvalue weighted by atomic mass is 10.2. The first-order valence-electron chi connectivity index (χ1n) is 8.23. The van der Waals surface area contributed by atoms with Crippen molar-refractivity contribution in [2.24, 2.45) is 0 Å². The predicted octanol–water partition coefficient (Wildman–Crippen LogP) is 2.39. The van der Waals surface area contributed by atoms with E-state index in [1.807, 2.05) is 0 Å². The summed E-state index contributed by atoms with van der Waals surface area (Å²) < 4.78 is 38.4. The Bertz CT molecular complexity index is 1120. The summed E-state index contributed by atoms with van der Waals surface area (Å²) in [4.78, 5) is 40.9. The maximum atomic E-state index is 13.7.